The molecule has 2 aromatic rings. The van der Waals surface area contributed by atoms with E-state index in [1.165, 1.54) is 0 Å². The monoisotopic (exact) mass is 363 g/mol. The van der Waals surface area contributed by atoms with Gasteiger partial charge in [-0.25, -0.2) is 9.97 Å². The van der Waals surface area contributed by atoms with Gasteiger partial charge in [-0.1, -0.05) is 6.07 Å². The molecular formula is C15H14BrN3O3. The molecule has 0 bridgehead atoms. The van der Waals surface area contributed by atoms with E-state index >= 15 is 0 Å². The van der Waals surface area contributed by atoms with E-state index in [9.17, 15) is 9.90 Å². The summed E-state index contributed by atoms with van der Waals surface area (Å²) in [5.74, 6) is 0.558. The van der Waals surface area contributed by atoms with E-state index in [0.29, 0.717) is 18.7 Å². The number of nitrogens with zero attached hydrogens (tertiary/aromatic N) is 3. The molecule has 1 saturated heterocycles. The summed E-state index contributed by atoms with van der Waals surface area (Å²) in [7, 11) is 0. The lowest BCUT2D eigenvalue weighted by molar-refractivity contribution is -0.117. The number of carbonyl (C=O) groups is 1. The molecule has 7 heteroatoms. The van der Waals surface area contributed by atoms with Crippen molar-refractivity contribution in [3.05, 3.63) is 41.1 Å². The molecule has 1 aromatic carbocycles. The van der Waals surface area contributed by atoms with Crippen LogP contribution in [0, 0.1) is 5.92 Å². The fraction of sp³-hybridized carbons (Fsp3) is 0.267. The molecule has 6 nitrogen and oxygen atoms in total. The Labute approximate surface area is 135 Å². The average Bonchev–Trinajstić information content (AvgIpc) is 2.91. The van der Waals surface area contributed by atoms with Gasteiger partial charge < -0.3 is 14.7 Å². The minimum Gasteiger partial charge on any atom is -0.424 e. The van der Waals surface area contributed by atoms with Crippen LogP contribution in [0.5, 0.6) is 11.8 Å². The van der Waals surface area contributed by atoms with Crippen LogP contribution in [-0.2, 0) is 4.79 Å². The molecule has 1 atom stereocenters. The fourth-order valence-electron chi connectivity index (χ4n) is 2.33. The Balaban J connectivity index is 1.78. The van der Waals surface area contributed by atoms with Gasteiger partial charge in [-0.3, -0.25) is 4.79 Å². The Hall–Kier alpha value is -1.99. The predicted octanol–water partition coefficient (Wildman–Crippen LogP) is 2.38. The van der Waals surface area contributed by atoms with Gasteiger partial charge in [0.05, 0.1) is 4.47 Å². The molecule has 3 rings (SSSR count). The second kappa shape index (κ2) is 6.41. The Bertz CT molecular complexity index is 678. The van der Waals surface area contributed by atoms with Crippen LogP contribution in [0.1, 0.15) is 6.42 Å². The van der Waals surface area contributed by atoms with Crippen LogP contribution in [0.3, 0.4) is 0 Å². The highest BCUT2D eigenvalue weighted by atomic mass is 79.9. The minimum absolute atomic E-state index is 0.00752. The topological polar surface area (TPSA) is 75.5 Å². The number of carbonyl (C=O) groups excluding carboxylic acids is 1. The van der Waals surface area contributed by atoms with Crippen LogP contribution in [-0.4, -0.2) is 34.1 Å². The first kappa shape index (κ1) is 14.9. The number of halogens is 1. The van der Waals surface area contributed by atoms with Gasteiger partial charge in [0, 0.05) is 49.6 Å². The van der Waals surface area contributed by atoms with Crippen LogP contribution < -0.4 is 9.64 Å². The second-order valence-corrected chi connectivity index (χ2v) is 5.96. The normalized spacial score (nSPS) is 17.8. The maximum absolute atomic E-state index is 12.0. The van der Waals surface area contributed by atoms with Crippen molar-refractivity contribution in [2.24, 2.45) is 5.92 Å². The molecule has 1 aliphatic rings. The SMILES string of the molecule is O=C1CC(CO)CN1c1cccc(Oc2ncc(Br)cn2)c1. The number of hydrogen-bond donors (Lipinski definition) is 1. The van der Waals surface area contributed by atoms with Gasteiger partial charge in [0.25, 0.3) is 0 Å². The van der Waals surface area contributed by atoms with Crippen LogP contribution in [0.25, 0.3) is 0 Å². The first-order valence-electron chi connectivity index (χ1n) is 6.82. The zero-order chi connectivity index (χ0) is 15.5. The Morgan fingerprint density at radius 3 is 2.82 bits per heavy atom. The van der Waals surface area contributed by atoms with Crippen molar-refractivity contribution in [1.29, 1.82) is 0 Å². The molecule has 1 aromatic heterocycles. The number of aliphatic hydroxyl groups is 1. The van der Waals surface area contributed by atoms with Gasteiger partial charge in [0.15, 0.2) is 0 Å². The van der Waals surface area contributed by atoms with Crippen molar-refractivity contribution in [3.63, 3.8) is 0 Å². The molecule has 1 fully saturated rings. The van der Waals surface area contributed by atoms with E-state index in [-0.39, 0.29) is 24.4 Å². The Kier molecular flexibility index (Phi) is 4.35. The summed E-state index contributed by atoms with van der Waals surface area (Å²) in [6.07, 6.45) is 3.57. The molecule has 1 aliphatic heterocycles. The highest BCUT2D eigenvalue weighted by Gasteiger charge is 2.30. The van der Waals surface area contributed by atoms with Gasteiger partial charge in [-0.05, 0) is 28.1 Å². The number of amides is 1. The molecule has 0 saturated carbocycles. The summed E-state index contributed by atoms with van der Waals surface area (Å²) in [6, 6.07) is 7.43. The van der Waals surface area contributed by atoms with E-state index in [1.54, 1.807) is 29.4 Å². The molecule has 0 aliphatic carbocycles. The van der Waals surface area contributed by atoms with Crippen molar-refractivity contribution in [3.8, 4) is 11.8 Å². The van der Waals surface area contributed by atoms with Gasteiger partial charge in [-0.2, -0.15) is 0 Å². The van der Waals surface area contributed by atoms with Gasteiger partial charge in [0.2, 0.25) is 5.91 Å². The average molecular weight is 364 g/mol. The lowest BCUT2D eigenvalue weighted by Crippen LogP contribution is -2.24. The zero-order valence-electron chi connectivity index (χ0n) is 11.6. The van der Waals surface area contributed by atoms with Crippen molar-refractivity contribution < 1.29 is 14.6 Å². The lowest BCUT2D eigenvalue weighted by atomic mass is 10.1. The number of anilines is 1. The lowest BCUT2D eigenvalue weighted by Gasteiger charge is -2.17. The van der Waals surface area contributed by atoms with Crippen molar-refractivity contribution >= 4 is 27.5 Å². The zero-order valence-corrected chi connectivity index (χ0v) is 13.2. The molecule has 1 amide bonds. The summed E-state index contributed by atoms with van der Waals surface area (Å²) in [5.41, 5.74) is 0.746. The van der Waals surface area contributed by atoms with E-state index in [4.69, 9.17) is 4.74 Å². The van der Waals surface area contributed by atoms with E-state index in [1.807, 2.05) is 12.1 Å². The highest BCUT2D eigenvalue weighted by Crippen LogP contribution is 2.29. The second-order valence-electron chi connectivity index (χ2n) is 5.04. The molecule has 1 N–H and O–H groups in total. The molecule has 114 valence electrons. The third-order valence-corrected chi connectivity index (χ3v) is 3.81. The van der Waals surface area contributed by atoms with Crippen LogP contribution in [0.4, 0.5) is 5.69 Å². The van der Waals surface area contributed by atoms with Crippen molar-refractivity contribution in [2.45, 2.75) is 6.42 Å². The standard InChI is InChI=1S/C15H14BrN3O3/c16-11-6-17-15(18-7-11)22-13-3-1-2-12(5-13)19-8-10(9-20)4-14(19)21/h1-3,5-7,10,20H,4,8-9H2. The van der Waals surface area contributed by atoms with Gasteiger partial charge in [0.1, 0.15) is 5.75 Å². The van der Waals surface area contributed by atoms with Crippen molar-refractivity contribution in [1.82, 2.24) is 9.97 Å². The van der Waals surface area contributed by atoms with Gasteiger partial charge >= 0.3 is 6.01 Å². The largest absolute Gasteiger partial charge is 0.424 e. The van der Waals surface area contributed by atoms with Crippen LogP contribution in [0.15, 0.2) is 41.1 Å². The van der Waals surface area contributed by atoms with E-state index in [0.717, 1.165) is 10.2 Å². The van der Waals surface area contributed by atoms with Crippen LogP contribution >= 0.6 is 15.9 Å². The predicted molar refractivity (Wildman–Crippen MR) is 83.8 cm³/mol. The summed E-state index contributed by atoms with van der Waals surface area (Å²) < 4.78 is 6.36. The summed E-state index contributed by atoms with van der Waals surface area (Å²) >= 11 is 3.26. The Morgan fingerprint density at radius 1 is 1.36 bits per heavy atom. The summed E-state index contributed by atoms with van der Waals surface area (Å²) in [6.45, 7) is 0.540. The quantitative estimate of drug-likeness (QED) is 0.902. The number of ether oxygens (including phenoxy) is 1. The number of aromatic nitrogens is 2. The van der Waals surface area contributed by atoms with Crippen LogP contribution in [0.2, 0.25) is 0 Å². The first-order chi connectivity index (χ1) is 10.7. The number of aliphatic hydroxyl groups excluding tert-OH is 1. The molecule has 22 heavy (non-hydrogen) atoms. The molecule has 0 radical (unpaired) electrons. The number of benzene rings is 1. The molecular weight excluding hydrogens is 350 g/mol. The van der Waals surface area contributed by atoms with Crippen molar-refractivity contribution in [2.75, 3.05) is 18.1 Å². The summed E-state index contributed by atoms with van der Waals surface area (Å²) in [4.78, 5) is 21.8. The maximum atomic E-state index is 12.0. The first-order valence-corrected chi connectivity index (χ1v) is 7.61. The summed E-state index contributed by atoms with van der Waals surface area (Å²) in [5, 5.41) is 9.20. The third kappa shape index (κ3) is 3.26. The molecule has 2 heterocycles. The Morgan fingerprint density at radius 2 is 2.14 bits per heavy atom. The molecule has 1 unspecified atom stereocenters. The molecule has 0 spiro atoms. The number of rotatable bonds is 4. The van der Waals surface area contributed by atoms with E-state index < -0.39 is 0 Å². The minimum atomic E-state index is -0.00752. The van der Waals surface area contributed by atoms with E-state index in [2.05, 4.69) is 25.9 Å². The fourth-order valence-corrected chi connectivity index (χ4v) is 2.53. The maximum Gasteiger partial charge on any atom is 0.321 e. The third-order valence-electron chi connectivity index (χ3n) is 3.40. The van der Waals surface area contributed by atoms with Gasteiger partial charge in [-0.15, -0.1) is 0 Å². The highest BCUT2D eigenvalue weighted by molar-refractivity contribution is 9.10. The number of hydrogen-bond acceptors (Lipinski definition) is 5. The smallest absolute Gasteiger partial charge is 0.321 e.